The lowest BCUT2D eigenvalue weighted by Crippen LogP contribution is -2.31. The number of carbonyl (C=O) groups is 1. The topological polar surface area (TPSA) is 72.3 Å². The van der Waals surface area contributed by atoms with Crippen LogP contribution in [-0.2, 0) is 0 Å². The van der Waals surface area contributed by atoms with Crippen LogP contribution in [-0.4, -0.2) is 58.6 Å². The third-order valence-corrected chi connectivity index (χ3v) is 4.62. The highest BCUT2D eigenvalue weighted by Crippen LogP contribution is 2.21. The maximum absolute atomic E-state index is 12.8. The summed E-state index contributed by atoms with van der Waals surface area (Å²) < 4.78 is 7.37. The Morgan fingerprint density at radius 3 is 2.73 bits per heavy atom. The average Bonchev–Trinajstić information content (AvgIpc) is 3.22. The molecule has 0 aliphatic carbocycles. The Balaban J connectivity index is 1.74. The molecular formula is C19H27N5O2. The fourth-order valence-electron chi connectivity index (χ4n) is 3.33. The molecule has 1 aliphatic heterocycles. The van der Waals surface area contributed by atoms with E-state index in [2.05, 4.69) is 15.6 Å². The number of aromatic nitrogens is 3. The predicted octanol–water partition coefficient (Wildman–Crippen LogP) is 2.04. The van der Waals surface area contributed by atoms with Gasteiger partial charge in [-0.25, -0.2) is 4.68 Å². The largest absolute Gasteiger partial charge is 0.491 e. The molecule has 3 rings (SSSR count). The number of hydrogen-bond donors (Lipinski definition) is 1. The van der Waals surface area contributed by atoms with Crippen molar-refractivity contribution in [3.63, 3.8) is 0 Å². The molecule has 0 saturated carbocycles. The summed E-state index contributed by atoms with van der Waals surface area (Å²) in [7, 11) is 1.94. The Kier molecular flexibility index (Phi) is 5.56. The second-order valence-electron chi connectivity index (χ2n) is 7.06. The van der Waals surface area contributed by atoms with E-state index in [4.69, 9.17) is 4.74 Å². The Morgan fingerprint density at radius 1 is 1.35 bits per heavy atom. The van der Waals surface area contributed by atoms with Crippen molar-refractivity contribution in [2.45, 2.75) is 33.3 Å². The molecule has 1 N–H and O–H groups in total. The van der Waals surface area contributed by atoms with E-state index in [0.717, 1.165) is 43.2 Å². The van der Waals surface area contributed by atoms with Gasteiger partial charge in [0.2, 0.25) is 0 Å². The van der Waals surface area contributed by atoms with E-state index in [0.29, 0.717) is 11.6 Å². The van der Waals surface area contributed by atoms with Crippen molar-refractivity contribution in [2.75, 3.05) is 26.7 Å². The average molecular weight is 357 g/mol. The summed E-state index contributed by atoms with van der Waals surface area (Å²) in [5.41, 5.74) is 2.04. The standard InChI is InChI=1S/C19H27N5O2/c1-13(2)26-17-7-5-16(6-8-17)24-14(3)18(21-22-24)19(25)23-10-9-15(12-23)11-20-4/h5-8,13,15,20H,9-12H2,1-4H3. The molecule has 0 spiro atoms. The lowest BCUT2D eigenvalue weighted by Gasteiger charge is -2.15. The maximum Gasteiger partial charge on any atom is 0.276 e. The normalized spacial score (nSPS) is 17.1. The summed E-state index contributed by atoms with van der Waals surface area (Å²) in [6.45, 7) is 8.35. The van der Waals surface area contributed by atoms with Gasteiger partial charge < -0.3 is 15.0 Å². The second-order valence-corrected chi connectivity index (χ2v) is 7.06. The van der Waals surface area contributed by atoms with Crippen molar-refractivity contribution in [3.05, 3.63) is 35.7 Å². The van der Waals surface area contributed by atoms with Crippen LogP contribution in [0.15, 0.2) is 24.3 Å². The molecule has 0 bridgehead atoms. The van der Waals surface area contributed by atoms with Crippen LogP contribution in [0.4, 0.5) is 0 Å². The van der Waals surface area contributed by atoms with E-state index in [9.17, 15) is 4.79 Å². The number of amides is 1. The smallest absolute Gasteiger partial charge is 0.276 e. The number of hydrogen-bond acceptors (Lipinski definition) is 5. The van der Waals surface area contributed by atoms with Gasteiger partial charge in [0.05, 0.1) is 17.5 Å². The quantitative estimate of drug-likeness (QED) is 0.857. The van der Waals surface area contributed by atoms with Crippen molar-refractivity contribution in [1.29, 1.82) is 0 Å². The van der Waals surface area contributed by atoms with Gasteiger partial charge in [0.1, 0.15) is 5.75 Å². The zero-order chi connectivity index (χ0) is 18.7. The first-order valence-corrected chi connectivity index (χ1v) is 9.13. The number of ether oxygens (including phenoxy) is 1. The van der Waals surface area contributed by atoms with E-state index in [1.165, 1.54) is 0 Å². The molecule has 1 aromatic heterocycles. The van der Waals surface area contributed by atoms with E-state index in [1.807, 2.05) is 57.0 Å². The molecule has 1 aliphatic rings. The van der Waals surface area contributed by atoms with E-state index in [1.54, 1.807) is 4.68 Å². The van der Waals surface area contributed by atoms with Crippen LogP contribution in [0.25, 0.3) is 5.69 Å². The zero-order valence-corrected chi connectivity index (χ0v) is 15.9. The van der Waals surface area contributed by atoms with Crippen molar-refractivity contribution < 1.29 is 9.53 Å². The Hall–Kier alpha value is -2.41. The molecule has 26 heavy (non-hydrogen) atoms. The first-order valence-electron chi connectivity index (χ1n) is 9.13. The summed E-state index contributed by atoms with van der Waals surface area (Å²) in [6, 6.07) is 7.65. The van der Waals surface area contributed by atoms with Crippen LogP contribution in [0.1, 0.15) is 36.5 Å². The van der Waals surface area contributed by atoms with Crippen LogP contribution >= 0.6 is 0 Å². The summed E-state index contributed by atoms with van der Waals surface area (Å²) in [4.78, 5) is 14.7. The van der Waals surface area contributed by atoms with Gasteiger partial charge in [0, 0.05) is 13.1 Å². The minimum Gasteiger partial charge on any atom is -0.491 e. The molecule has 1 amide bonds. The number of nitrogens with zero attached hydrogens (tertiary/aromatic N) is 4. The van der Waals surface area contributed by atoms with Gasteiger partial charge in [0.15, 0.2) is 5.69 Å². The predicted molar refractivity (Wildman–Crippen MR) is 99.8 cm³/mol. The molecule has 7 heteroatoms. The maximum atomic E-state index is 12.8. The fourth-order valence-corrected chi connectivity index (χ4v) is 3.33. The van der Waals surface area contributed by atoms with Gasteiger partial charge in [0.25, 0.3) is 5.91 Å². The Bertz CT molecular complexity index is 754. The minimum absolute atomic E-state index is 0.0351. The lowest BCUT2D eigenvalue weighted by atomic mass is 10.1. The van der Waals surface area contributed by atoms with E-state index in [-0.39, 0.29) is 12.0 Å². The van der Waals surface area contributed by atoms with Gasteiger partial charge in [-0.15, -0.1) is 5.10 Å². The van der Waals surface area contributed by atoms with E-state index < -0.39 is 0 Å². The summed E-state index contributed by atoms with van der Waals surface area (Å²) in [5.74, 6) is 1.28. The van der Waals surface area contributed by atoms with Crippen molar-refractivity contribution in [1.82, 2.24) is 25.2 Å². The number of carbonyl (C=O) groups excluding carboxylic acids is 1. The third kappa shape index (κ3) is 3.88. The summed E-state index contributed by atoms with van der Waals surface area (Å²) in [6.07, 6.45) is 1.15. The molecule has 1 unspecified atom stereocenters. The fraction of sp³-hybridized carbons (Fsp3) is 0.526. The number of likely N-dealkylation sites (tertiary alicyclic amines) is 1. The van der Waals surface area contributed by atoms with Gasteiger partial charge in [-0.05, 0) is 71.0 Å². The number of rotatable bonds is 6. The minimum atomic E-state index is -0.0351. The number of nitrogens with one attached hydrogen (secondary N) is 1. The first-order chi connectivity index (χ1) is 12.5. The third-order valence-electron chi connectivity index (χ3n) is 4.62. The SMILES string of the molecule is CNCC1CCN(C(=O)c2nnn(-c3ccc(OC(C)C)cc3)c2C)C1. The molecule has 1 saturated heterocycles. The highest BCUT2D eigenvalue weighted by atomic mass is 16.5. The molecule has 1 atom stereocenters. The molecular weight excluding hydrogens is 330 g/mol. The molecule has 7 nitrogen and oxygen atoms in total. The van der Waals surface area contributed by atoms with E-state index >= 15 is 0 Å². The molecule has 2 heterocycles. The number of benzene rings is 1. The highest BCUT2D eigenvalue weighted by molar-refractivity contribution is 5.93. The first kappa shape index (κ1) is 18.4. The Morgan fingerprint density at radius 2 is 2.08 bits per heavy atom. The van der Waals surface area contributed by atoms with Crippen molar-refractivity contribution in [3.8, 4) is 11.4 Å². The monoisotopic (exact) mass is 357 g/mol. The second kappa shape index (κ2) is 7.86. The van der Waals surface area contributed by atoms with Crippen molar-refractivity contribution in [2.24, 2.45) is 5.92 Å². The molecule has 1 aromatic carbocycles. The van der Waals surface area contributed by atoms with Crippen LogP contribution in [0.5, 0.6) is 5.75 Å². The van der Waals surface area contributed by atoms with Crippen LogP contribution in [0.3, 0.4) is 0 Å². The van der Waals surface area contributed by atoms with Crippen molar-refractivity contribution >= 4 is 5.91 Å². The van der Waals surface area contributed by atoms with Crippen LogP contribution in [0.2, 0.25) is 0 Å². The molecule has 1 fully saturated rings. The zero-order valence-electron chi connectivity index (χ0n) is 15.9. The summed E-state index contributed by atoms with van der Waals surface area (Å²) in [5, 5.41) is 11.5. The highest BCUT2D eigenvalue weighted by Gasteiger charge is 2.29. The van der Waals surface area contributed by atoms with Gasteiger partial charge >= 0.3 is 0 Å². The summed E-state index contributed by atoms with van der Waals surface area (Å²) >= 11 is 0. The Labute approximate surface area is 154 Å². The van der Waals surface area contributed by atoms with Gasteiger partial charge in [-0.2, -0.15) is 0 Å². The molecule has 2 aromatic rings. The molecule has 0 radical (unpaired) electrons. The molecule has 140 valence electrons. The lowest BCUT2D eigenvalue weighted by molar-refractivity contribution is 0.0780. The van der Waals surface area contributed by atoms with Gasteiger partial charge in [-0.3, -0.25) is 4.79 Å². The van der Waals surface area contributed by atoms with Crippen LogP contribution in [0, 0.1) is 12.8 Å². The van der Waals surface area contributed by atoms with Gasteiger partial charge in [-0.1, -0.05) is 5.21 Å². The van der Waals surface area contributed by atoms with Crippen LogP contribution < -0.4 is 10.1 Å².